The maximum absolute atomic E-state index is 7.69. The Hall–Kier alpha value is -1.91. The SMILES string of the molecule is C=CC(=N)c1c(N)ncnc1NC(C)C. The zero-order valence-electron chi connectivity index (χ0n) is 8.91. The van der Waals surface area contributed by atoms with Crippen molar-refractivity contribution in [2.24, 2.45) is 0 Å². The monoisotopic (exact) mass is 205 g/mol. The van der Waals surface area contributed by atoms with E-state index < -0.39 is 0 Å². The van der Waals surface area contributed by atoms with Crippen molar-refractivity contribution in [1.29, 1.82) is 5.41 Å². The molecule has 4 N–H and O–H groups in total. The van der Waals surface area contributed by atoms with Crippen LogP contribution in [0.4, 0.5) is 11.6 Å². The third-order valence-electron chi connectivity index (χ3n) is 1.78. The molecule has 15 heavy (non-hydrogen) atoms. The van der Waals surface area contributed by atoms with Crippen LogP contribution in [0.1, 0.15) is 19.4 Å². The number of hydrogen-bond acceptors (Lipinski definition) is 5. The Morgan fingerprint density at radius 3 is 2.80 bits per heavy atom. The molecule has 5 nitrogen and oxygen atoms in total. The summed E-state index contributed by atoms with van der Waals surface area (Å²) in [5.74, 6) is 0.862. The highest BCUT2D eigenvalue weighted by Crippen LogP contribution is 2.18. The smallest absolute Gasteiger partial charge is 0.141 e. The molecule has 0 atom stereocenters. The fourth-order valence-corrected chi connectivity index (χ4v) is 1.15. The number of nitrogen functional groups attached to an aromatic ring is 1. The van der Waals surface area contributed by atoms with Crippen LogP contribution in [0.25, 0.3) is 0 Å². The molecular weight excluding hydrogens is 190 g/mol. The van der Waals surface area contributed by atoms with Crippen molar-refractivity contribution in [3.8, 4) is 0 Å². The first-order chi connectivity index (χ1) is 7.06. The number of aromatic nitrogens is 2. The summed E-state index contributed by atoms with van der Waals surface area (Å²) in [6.07, 6.45) is 2.79. The lowest BCUT2D eigenvalue weighted by molar-refractivity contribution is 0.885. The highest BCUT2D eigenvalue weighted by molar-refractivity contribution is 6.12. The van der Waals surface area contributed by atoms with Gasteiger partial charge in [0.05, 0.1) is 11.3 Å². The maximum Gasteiger partial charge on any atom is 0.141 e. The summed E-state index contributed by atoms with van der Waals surface area (Å²) in [7, 11) is 0. The molecule has 0 aliphatic heterocycles. The molecule has 0 radical (unpaired) electrons. The zero-order chi connectivity index (χ0) is 11.4. The Morgan fingerprint density at radius 2 is 2.27 bits per heavy atom. The summed E-state index contributed by atoms with van der Waals surface area (Å²) in [4.78, 5) is 7.91. The minimum atomic E-state index is 0.218. The Morgan fingerprint density at radius 1 is 1.60 bits per heavy atom. The number of hydrogen-bond donors (Lipinski definition) is 3. The molecule has 0 saturated heterocycles. The lowest BCUT2D eigenvalue weighted by Gasteiger charge is -2.13. The number of nitrogens with one attached hydrogen (secondary N) is 2. The third kappa shape index (κ3) is 2.52. The van der Waals surface area contributed by atoms with Crippen LogP contribution < -0.4 is 11.1 Å². The second-order valence-corrected chi connectivity index (χ2v) is 3.40. The van der Waals surface area contributed by atoms with Gasteiger partial charge in [0.15, 0.2) is 0 Å². The molecule has 0 saturated carbocycles. The van der Waals surface area contributed by atoms with Crippen molar-refractivity contribution >= 4 is 17.3 Å². The van der Waals surface area contributed by atoms with Crippen molar-refractivity contribution in [2.45, 2.75) is 19.9 Å². The van der Waals surface area contributed by atoms with E-state index in [1.54, 1.807) is 0 Å². The molecule has 1 aromatic rings. The Balaban J connectivity index is 3.19. The molecule has 0 amide bonds. The first-order valence-electron chi connectivity index (χ1n) is 4.64. The topological polar surface area (TPSA) is 87.7 Å². The molecule has 0 bridgehead atoms. The Kier molecular flexibility index (Phi) is 3.38. The van der Waals surface area contributed by atoms with Gasteiger partial charge in [-0.15, -0.1) is 0 Å². The van der Waals surface area contributed by atoms with Crippen molar-refractivity contribution in [3.05, 3.63) is 24.5 Å². The van der Waals surface area contributed by atoms with E-state index in [9.17, 15) is 0 Å². The van der Waals surface area contributed by atoms with Crippen molar-refractivity contribution in [2.75, 3.05) is 11.1 Å². The van der Waals surface area contributed by atoms with E-state index in [1.165, 1.54) is 12.4 Å². The first-order valence-corrected chi connectivity index (χ1v) is 4.64. The minimum absolute atomic E-state index is 0.218. The molecule has 80 valence electrons. The average Bonchev–Trinajstić information content (AvgIpc) is 2.16. The van der Waals surface area contributed by atoms with E-state index in [-0.39, 0.29) is 17.6 Å². The lowest BCUT2D eigenvalue weighted by atomic mass is 10.1. The van der Waals surface area contributed by atoms with Gasteiger partial charge in [0, 0.05) is 6.04 Å². The second kappa shape index (κ2) is 4.54. The van der Waals surface area contributed by atoms with Crippen molar-refractivity contribution < 1.29 is 0 Å². The Labute approximate surface area is 88.9 Å². The molecule has 0 unspecified atom stereocenters. The molecule has 1 rings (SSSR count). The first kappa shape index (κ1) is 11.2. The molecule has 0 spiro atoms. The van der Waals surface area contributed by atoms with Crippen LogP contribution >= 0.6 is 0 Å². The quantitative estimate of drug-likeness (QED) is 0.649. The van der Waals surface area contributed by atoms with Gasteiger partial charge in [-0.1, -0.05) is 6.58 Å². The van der Waals surface area contributed by atoms with Crippen LogP contribution in [0.15, 0.2) is 19.0 Å². The van der Waals surface area contributed by atoms with Crippen LogP contribution in [0.2, 0.25) is 0 Å². The summed E-state index contributed by atoms with van der Waals surface area (Å²) < 4.78 is 0. The van der Waals surface area contributed by atoms with E-state index in [4.69, 9.17) is 11.1 Å². The number of nitrogens with zero attached hydrogens (tertiary/aromatic N) is 2. The van der Waals surface area contributed by atoms with Crippen LogP contribution in [0.3, 0.4) is 0 Å². The maximum atomic E-state index is 7.69. The summed E-state index contributed by atoms with van der Waals surface area (Å²) >= 11 is 0. The third-order valence-corrected chi connectivity index (χ3v) is 1.78. The molecule has 0 aromatic carbocycles. The predicted molar refractivity (Wildman–Crippen MR) is 62.2 cm³/mol. The van der Waals surface area contributed by atoms with Gasteiger partial charge >= 0.3 is 0 Å². The van der Waals surface area contributed by atoms with Crippen LogP contribution in [-0.2, 0) is 0 Å². The molecule has 0 aliphatic rings. The molecular formula is C10H15N5. The van der Waals surface area contributed by atoms with Gasteiger partial charge in [-0.3, -0.25) is 0 Å². The normalized spacial score (nSPS) is 10.1. The zero-order valence-corrected chi connectivity index (χ0v) is 8.91. The summed E-state index contributed by atoms with van der Waals surface area (Å²) in [5.41, 5.74) is 6.41. The average molecular weight is 205 g/mol. The fourth-order valence-electron chi connectivity index (χ4n) is 1.15. The molecule has 0 fully saturated rings. The highest BCUT2D eigenvalue weighted by atomic mass is 15.0. The Bertz CT molecular complexity index is 383. The molecule has 1 aromatic heterocycles. The van der Waals surface area contributed by atoms with Crippen LogP contribution in [0, 0.1) is 5.41 Å². The molecule has 1 heterocycles. The van der Waals surface area contributed by atoms with Crippen LogP contribution in [0.5, 0.6) is 0 Å². The molecule has 5 heteroatoms. The van der Waals surface area contributed by atoms with Gasteiger partial charge in [-0.25, -0.2) is 9.97 Å². The van der Waals surface area contributed by atoms with Gasteiger partial charge in [0.2, 0.25) is 0 Å². The number of anilines is 2. The van der Waals surface area contributed by atoms with Gasteiger partial charge in [-0.05, 0) is 19.9 Å². The largest absolute Gasteiger partial charge is 0.383 e. The van der Waals surface area contributed by atoms with Gasteiger partial charge in [-0.2, -0.15) is 0 Å². The van der Waals surface area contributed by atoms with E-state index >= 15 is 0 Å². The van der Waals surface area contributed by atoms with Crippen LogP contribution in [-0.4, -0.2) is 21.7 Å². The van der Waals surface area contributed by atoms with E-state index in [0.29, 0.717) is 11.4 Å². The fraction of sp³-hybridized carbons (Fsp3) is 0.300. The molecule has 0 aliphatic carbocycles. The number of allylic oxidation sites excluding steroid dienone is 1. The van der Waals surface area contributed by atoms with E-state index in [2.05, 4.69) is 21.9 Å². The van der Waals surface area contributed by atoms with Gasteiger partial charge in [0.1, 0.15) is 18.0 Å². The van der Waals surface area contributed by atoms with Gasteiger partial charge < -0.3 is 16.5 Å². The van der Waals surface area contributed by atoms with Gasteiger partial charge in [0.25, 0.3) is 0 Å². The second-order valence-electron chi connectivity index (χ2n) is 3.40. The minimum Gasteiger partial charge on any atom is -0.383 e. The lowest BCUT2D eigenvalue weighted by Crippen LogP contribution is -2.16. The standard InChI is InChI=1S/C10H15N5/c1-4-7(11)8-9(12)13-5-14-10(8)15-6(2)3/h4-6,11H,1H2,2-3H3,(H3,12,13,14,15). The van der Waals surface area contributed by atoms with E-state index in [1.807, 2.05) is 13.8 Å². The summed E-state index contributed by atoms with van der Waals surface area (Å²) in [6, 6.07) is 0.218. The van der Waals surface area contributed by atoms with Crippen molar-refractivity contribution in [3.63, 3.8) is 0 Å². The number of rotatable bonds is 4. The van der Waals surface area contributed by atoms with Crippen molar-refractivity contribution in [1.82, 2.24) is 9.97 Å². The predicted octanol–water partition coefficient (Wildman–Crippen LogP) is 1.43. The summed E-state index contributed by atoms with van der Waals surface area (Å²) in [6.45, 7) is 7.51. The number of nitrogens with two attached hydrogens (primary N) is 1. The summed E-state index contributed by atoms with van der Waals surface area (Å²) in [5, 5.41) is 10.8. The van der Waals surface area contributed by atoms with E-state index in [0.717, 1.165) is 0 Å². The highest BCUT2D eigenvalue weighted by Gasteiger charge is 2.12.